The minimum Gasteiger partial charge on any atom is -0.324 e. The number of benzene rings is 1. The summed E-state index contributed by atoms with van der Waals surface area (Å²) in [5.74, 6) is 0.687. The lowest BCUT2D eigenvalue weighted by Gasteiger charge is -2.30. The van der Waals surface area contributed by atoms with Crippen molar-refractivity contribution in [2.45, 2.75) is 19.4 Å². The van der Waals surface area contributed by atoms with E-state index in [1.807, 2.05) is 42.5 Å². The van der Waals surface area contributed by atoms with E-state index in [0.29, 0.717) is 17.8 Å². The highest BCUT2D eigenvalue weighted by Gasteiger charge is 2.25. The smallest absolute Gasteiger partial charge is 0.259 e. The van der Waals surface area contributed by atoms with E-state index >= 15 is 0 Å². The molecule has 7 nitrogen and oxygen atoms in total. The lowest BCUT2D eigenvalue weighted by Crippen LogP contribution is -2.38. The molecule has 8 heteroatoms. The number of thiophene rings is 1. The highest BCUT2D eigenvalue weighted by molar-refractivity contribution is 7.21. The van der Waals surface area contributed by atoms with Crippen LogP contribution in [0.25, 0.3) is 20.7 Å². The fourth-order valence-corrected chi connectivity index (χ4v) is 5.10. The molecule has 1 amide bonds. The van der Waals surface area contributed by atoms with Crippen molar-refractivity contribution in [3.8, 4) is 10.4 Å². The molecular formula is C24H23N5O2S. The third-order valence-corrected chi connectivity index (χ3v) is 6.85. The molecule has 0 saturated carbocycles. The van der Waals surface area contributed by atoms with E-state index in [9.17, 15) is 9.59 Å². The number of amides is 1. The molecule has 0 atom stereocenters. The predicted octanol–water partition coefficient (Wildman–Crippen LogP) is 3.90. The molecule has 1 saturated heterocycles. The number of pyridine rings is 1. The van der Waals surface area contributed by atoms with Crippen molar-refractivity contribution in [1.29, 1.82) is 0 Å². The number of hydrogen-bond donors (Lipinski definition) is 2. The number of H-pyrrole nitrogens is 1. The Labute approximate surface area is 189 Å². The van der Waals surface area contributed by atoms with Gasteiger partial charge >= 0.3 is 0 Å². The van der Waals surface area contributed by atoms with Gasteiger partial charge in [-0.05, 0) is 49.7 Å². The van der Waals surface area contributed by atoms with Crippen LogP contribution in [-0.4, -0.2) is 38.8 Å². The first-order chi connectivity index (χ1) is 15.7. The van der Waals surface area contributed by atoms with E-state index < -0.39 is 0 Å². The molecule has 1 aromatic carbocycles. The molecule has 0 bridgehead atoms. The first-order valence-electron chi connectivity index (χ1n) is 10.7. The molecule has 0 radical (unpaired) electrons. The molecular weight excluding hydrogens is 422 g/mol. The van der Waals surface area contributed by atoms with Gasteiger partial charge in [0, 0.05) is 17.0 Å². The van der Waals surface area contributed by atoms with Crippen LogP contribution in [0.3, 0.4) is 0 Å². The van der Waals surface area contributed by atoms with Crippen LogP contribution in [0, 0.1) is 5.92 Å². The summed E-state index contributed by atoms with van der Waals surface area (Å²) in [6.45, 7) is 2.14. The molecule has 4 heterocycles. The van der Waals surface area contributed by atoms with Crippen LogP contribution in [0.4, 0.5) is 5.69 Å². The van der Waals surface area contributed by atoms with Gasteiger partial charge in [0.25, 0.3) is 5.56 Å². The maximum atomic E-state index is 12.6. The van der Waals surface area contributed by atoms with Crippen LogP contribution >= 0.6 is 11.3 Å². The average molecular weight is 446 g/mol. The summed E-state index contributed by atoms with van der Waals surface area (Å²) in [6, 6.07) is 15.6. The third-order valence-electron chi connectivity index (χ3n) is 5.77. The Hall–Kier alpha value is -3.36. The summed E-state index contributed by atoms with van der Waals surface area (Å²) in [5, 5.41) is 3.57. The molecule has 32 heavy (non-hydrogen) atoms. The fraction of sp³-hybridized carbons (Fsp3) is 0.250. The Bertz CT molecular complexity index is 1280. The highest BCUT2D eigenvalue weighted by Crippen LogP contribution is 2.31. The van der Waals surface area contributed by atoms with Crippen LogP contribution in [0.1, 0.15) is 18.7 Å². The zero-order chi connectivity index (χ0) is 21.9. The number of anilines is 1. The number of likely N-dealkylation sites (tertiary alicyclic amines) is 1. The molecule has 1 aliphatic rings. The van der Waals surface area contributed by atoms with E-state index in [0.717, 1.165) is 46.9 Å². The van der Waals surface area contributed by atoms with Gasteiger partial charge in [0.15, 0.2) is 0 Å². The number of fused-ring (bicyclic) bond motifs is 1. The lowest BCUT2D eigenvalue weighted by molar-refractivity contribution is -0.121. The van der Waals surface area contributed by atoms with Crippen LogP contribution in [-0.2, 0) is 11.3 Å². The number of piperidine rings is 1. The number of rotatable bonds is 5. The number of hydrogen-bond acceptors (Lipinski definition) is 6. The van der Waals surface area contributed by atoms with Crippen molar-refractivity contribution in [2.75, 3.05) is 18.4 Å². The minimum atomic E-state index is -0.103. The Kier molecular flexibility index (Phi) is 5.79. The number of nitrogens with one attached hydrogen (secondary N) is 2. The molecule has 0 spiro atoms. The third kappa shape index (κ3) is 4.46. The van der Waals surface area contributed by atoms with Crippen molar-refractivity contribution in [2.24, 2.45) is 5.92 Å². The first-order valence-corrected chi connectivity index (χ1v) is 11.5. The molecule has 1 fully saturated rings. The first kappa shape index (κ1) is 20.5. The van der Waals surface area contributed by atoms with E-state index in [4.69, 9.17) is 4.98 Å². The van der Waals surface area contributed by atoms with Gasteiger partial charge in [0.1, 0.15) is 10.7 Å². The van der Waals surface area contributed by atoms with E-state index in [1.54, 1.807) is 18.5 Å². The normalized spacial score (nSPS) is 15.1. The second kappa shape index (κ2) is 9.02. The van der Waals surface area contributed by atoms with Crippen molar-refractivity contribution in [3.05, 3.63) is 77.1 Å². The number of aromatic amines is 1. The molecule has 5 rings (SSSR count). The number of carbonyl (C=O) groups is 1. The summed E-state index contributed by atoms with van der Waals surface area (Å²) in [4.78, 5) is 40.9. The van der Waals surface area contributed by atoms with Gasteiger partial charge in [-0.15, -0.1) is 11.3 Å². The van der Waals surface area contributed by atoms with Crippen molar-refractivity contribution >= 4 is 33.1 Å². The topological polar surface area (TPSA) is 91.0 Å². The average Bonchev–Trinajstić information content (AvgIpc) is 3.26. The molecule has 4 aromatic rings. The second-order valence-electron chi connectivity index (χ2n) is 7.99. The van der Waals surface area contributed by atoms with Gasteiger partial charge in [-0.2, -0.15) is 0 Å². The number of carbonyl (C=O) groups excluding carboxylic acids is 1. The lowest BCUT2D eigenvalue weighted by atomic mass is 9.96. The summed E-state index contributed by atoms with van der Waals surface area (Å²) in [6.07, 6.45) is 4.88. The van der Waals surface area contributed by atoms with E-state index in [1.165, 1.54) is 11.3 Å². The Balaban J connectivity index is 1.23. The van der Waals surface area contributed by atoms with Gasteiger partial charge in [-0.3, -0.25) is 19.5 Å². The maximum Gasteiger partial charge on any atom is 0.259 e. The Morgan fingerprint density at radius 2 is 1.97 bits per heavy atom. The van der Waals surface area contributed by atoms with Gasteiger partial charge in [-0.1, -0.05) is 30.3 Å². The summed E-state index contributed by atoms with van der Waals surface area (Å²) in [7, 11) is 0. The van der Waals surface area contributed by atoms with E-state index in [-0.39, 0.29) is 17.4 Å². The maximum absolute atomic E-state index is 12.6. The monoisotopic (exact) mass is 445 g/mol. The van der Waals surface area contributed by atoms with Gasteiger partial charge in [0.05, 0.1) is 23.8 Å². The number of nitrogens with zero attached hydrogens (tertiary/aromatic N) is 3. The van der Waals surface area contributed by atoms with Crippen molar-refractivity contribution in [1.82, 2.24) is 19.9 Å². The molecule has 162 valence electrons. The molecule has 0 aliphatic carbocycles. The van der Waals surface area contributed by atoms with Crippen LogP contribution < -0.4 is 10.9 Å². The summed E-state index contributed by atoms with van der Waals surface area (Å²) in [5.41, 5.74) is 1.71. The Morgan fingerprint density at radius 3 is 2.72 bits per heavy atom. The zero-order valence-corrected chi connectivity index (χ0v) is 18.3. The summed E-state index contributed by atoms with van der Waals surface area (Å²) >= 11 is 1.54. The molecule has 0 unspecified atom stereocenters. The van der Waals surface area contributed by atoms with Gasteiger partial charge < -0.3 is 10.3 Å². The largest absolute Gasteiger partial charge is 0.324 e. The highest BCUT2D eigenvalue weighted by atomic mass is 32.1. The van der Waals surface area contributed by atoms with Crippen LogP contribution in [0.2, 0.25) is 0 Å². The SMILES string of the molecule is O=C(Nc1cccnc1)C1CCN(Cc2nc3sc(-c4ccccc4)cc3c(=O)[nH]2)CC1. The minimum absolute atomic E-state index is 0.0216. The van der Waals surface area contributed by atoms with Crippen molar-refractivity contribution < 1.29 is 4.79 Å². The van der Waals surface area contributed by atoms with Gasteiger partial charge in [0.2, 0.25) is 5.91 Å². The summed E-state index contributed by atoms with van der Waals surface area (Å²) < 4.78 is 0. The molecule has 1 aliphatic heterocycles. The number of aromatic nitrogens is 3. The second-order valence-corrected chi connectivity index (χ2v) is 9.02. The zero-order valence-electron chi connectivity index (χ0n) is 17.5. The van der Waals surface area contributed by atoms with Gasteiger partial charge in [-0.25, -0.2) is 4.98 Å². The quantitative estimate of drug-likeness (QED) is 0.486. The predicted molar refractivity (Wildman–Crippen MR) is 127 cm³/mol. The van der Waals surface area contributed by atoms with Crippen LogP contribution in [0.15, 0.2) is 65.7 Å². The van der Waals surface area contributed by atoms with Crippen LogP contribution in [0.5, 0.6) is 0 Å². The fourth-order valence-electron chi connectivity index (χ4n) is 4.04. The van der Waals surface area contributed by atoms with Crippen molar-refractivity contribution in [3.63, 3.8) is 0 Å². The van der Waals surface area contributed by atoms with E-state index in [2.05, 4.69) is 20.2 Å². The molecule has 3 aromatic heterocycles. The Morgan fingerprint density at radius 1 is 1.16 bits per heavy atom. The standard InChI is InChI=1S/C24H23N5O2S/c30-22(26-18-7-4-10-25-14-18)17-8-11-29(12-9-17)15-21-27-23(31)19-13-20(32-24(19)28-21)16-5-2-1-3-6-16/h1-7,10,13-14,17H,8-9,11-12,15H2,(H,26,30)(H,27,28,31). The molecule has 2 N–H and O–H groups in total.